The van der Waals surface area contributed by atoms with E-state index in [1.807, 2.05) is 79.4 Å². The van der Waals surface area contributed by atoms with Gasteiger partial charge in [0.15, 0.2) is 0 Å². The van der Waals surface area contributed by atoms with Crippen LogP contribution in [0.4, 0.5) is 11.4 Å². The number of rotatable bonds is 8. The fourth-order valence-electron chi connectivity index (χ4n) is 4.35. The summed E-state index contributed by atoms with van der Waals surface area (Å²) in [6.07, 6.45) is 1.60. The minimum absolute atomic E-state index is 0.0174. The van der Waals surface area contributed by atoms with Crippen LogP contribution in [0.15, 0.2) is 99.5 Å². The van der Waals surface area contributed by atoms with Gasteiger partial charge in [0.05, 0.1) is 0 Å². The number of nitrogens with zero attached hydrogens (tertiary/aromatic N) is 4. The Kier molecular flexibility index (Phi) is 9.12. The number of carbonyl (C=O) groups excluding carboxylic acids is 1. The molecule has 0 unspecified atom stereocenters. The van der Waals surface area contributed by atoms with Crippen LogP contribution < -0.4 is 19.5 Å². The molecule has 0 saturated carbocycles. The fourth-order valence-corrected chi connectivity index (χ4v) is 8.10. The minimum atomic E-state index is -0.584. The second-order valence-electron chi connectivity index (χ2n) is 10.2. The summed E-state index contributed by atoms with van der Waals surface area (Å²) in [6, 6.07) is 25.8. The zero-order chi connectivity index (χ0) is 29.1. The third-order valence-corrected chi connectivity index (χ3v) is 10.9. The second-order valence-corrected chi connectivity index (χ2v) is 14.6. The molecule has 0 atom stereocenters. The summed E-state index contributed by atoms with van der Waals surface area (Å²) in [7, 11) is 0. The van der Waals surface area contributed by atoms with Crippen molar-refractivity contribution in [2.45, 2.75) is 49.4 Å². The molecule has 0 aliphatic heterocycles. The Morgan fingerprint density at radius 3 is 2.34 bits per heavy atom. The van der Waals surface area contributed by atoms with Gasteiger partial charge in [-0.3, -0.25) is 0 Å². The van der Waals surface area contributed by atoms with Gasteiger partial charge in [0.25, 0.3) is 0 Å². The van der Waals surface area contributed by atoms with Crippen LogP contribution in [-0.4, -0.2) is 42.7 Å². The number of amides is 1. The molecular weight excluding hydrogens is 657 g/mol. The van der Waals surface area contributed by atoms with Crippen molar-refractivity contribution < 1.29 is 4.79 Å². The molecule has 0 bridgehead atoms. The molecular formula is C32H30AsBrN5OS. The average molecular weight is 688 g/mol. The number of benzene rings is 3. The number of aromatic nitrogens is 3. The van der Waals surface area contributed by atoms with E-state index in [0.717, 1.165) is 45.6 Å². The summed E-state index contributed by atoms with van der Waals surface area (Å²) in [5, 5.41) is 0.954. The molecule has 0 fully saturated rings. The van der Waals surface area contributed by atoms with Gasteiger partial charge in [-0.25, -0.2) is 0 Å². The van der Waals surface area contributed by atoms with Crippen LogP contribution in [0.1, 0.15) is 49.7 Å². The number of fused-ring (bicyclic) bond motifs is 1. The van der Waals surface area contributed by atoms with Crippen LogP contribution in [0, 0.1) is 0 Å². The SMILES string of the molecule is CC(C)c1ccc2c([As]c3cc(C(=O)N(c4ccc(Br)cc4)C(C)C)ccc3Sc3ccc(N)cc3)ncnc2n1. The van der Waals surface area contributed by atoms with Gasteiger partial charge in [0, 0.05) is 0 Å². The van der Waals surface area contributed by atoms with Crippen LogP contribution in [0.25, 0.3) is 11.0 Å². The van der Waals surface area contributed by atoms with E-state index in [0.29, 0.717) is 17.1 Å². The number of pyridine rings is 1. The molecule has 207 valence electrons. The number of nitrogens with two attached hydrogens (primary N) is 1. The number of anilines is 2. The zero-order valence-corrected chi connectivity index (χ0v) is 27.5. The van der Waals surface area contributed by atoms with Crippen molar-refractivity contribution in [3.63, 3.8) is 0 Å². The molecule has 1 amide bonds. The van der Waals surface area contributed by atoms with Crippen LogP contribution >= 0.6 is 27.7 Å². The molecule has 41 heavy (non-hydrogen) atoms. The molecule has 2 N–H and O–H groups in total. The quantitative estimate of drug-likeness (QED) is 0.151. The van der Waals surface area contributed by atoms with Gasteiger partial charge in [0.1, 0.15) is 0 Å². The zero-order valence-electron chi connectivity index (χ0n) is 23.2. The Morgan fingerprint density at radius 2 is 1.66 bits per heavy atom. The van der Waals surface area contributed by atoms with E-state index >= 15 is 0 Å². The summed E-state index contributed by atoms with van der Waals surface area (Å²) >= 11 is 4.58. The average Bonchev–Trinajstić information content (AvgIpc) is 2.96. The van der Waals surface area contributed by atoms with Gasteiger partial charge in [-0.15, -0.1) is 0 Å². The molecule has 2 heterocycles. The number of hydrogen-bond donors (Lipinski definition) is 1. The molecule has 5 rings (SSSR count). The molecule has 1 radical (unpaired) electrons. The van der Waals surface area contributed by atoms with Crippen LogP contribution in [0.2, 0.25) is 0 Å². The summed E-state index contributed by atoms with van der Waals surface area (Å²) in [5.41, 5.74) is 9.87. The van der Waals surface area contributed by atoms with Gasteiger partial charge < -0.3 is 0 Å². The molecule has 0 aliphatic rings. The van der Waals surface area contributed by atoms with E-state index in [1.54, 1.807) is 18.1 Å². The topological polar surface area (TPSA) is 85.0 Å². The van der Waals surface area contributed by atoms with Gasteiger partial charge in [-0.2, -0.15) is 0 Å². The van der Waals surface area contributed by atoms with Crippen molar-refractivity contribution in [3.8, 4) is 0 Å². The van der Waals surface area contributed by atoms with Crippen LogP contribution in [-0.2, 0) is 0 Å². The van der Waals surface area contributed by atoms with Crippen LogP contribution in [0.5, 0.6) is 0 Å². The van der Waals surface area contributed by atoms with Crippen molar-refractivity contribution >= 4 is 80.6 Å². The van der Waals surface area contributed by atoms with Crippen molar-refractivity contribution in [1.82, 2.24) is 15.0 Å². The molecule has 0 aliphatic carbocycles. The fraction of sp³-hybridized carbons (Fsp3) is 0.188. The summed E-state index contributed by atoms with van der Waals surface area (Å²) in [5.74, 6) is 0.274. The number of halogens is 1. The van der Waals surface area contributed by atoms with Crippen LogP contribution in [0.3, 0.4) is 0 Å². The summed E-state index contributed by atoms with van der Waals surface area (Å²) in [4.78, 5) is 31.9. The monoisotopic (exact) mass is 686 g/mol. The number of hydrogen-bond acceptors (Lipinski definition) is 6. The second kappa shape index (κ2) is 12.8. The van der Waals surface area contributed by atoms with E-state index in [1.165, 1.54) is 0 Å². The Bertz CT molecular complexity index is 1690. The molecule has 9 heteroatoms. The maximum atomic E-state index is 14.0. The standard InChI is InChI=1S/C32H30AsBrN5OS/c1-19(2)28-15-14-26-30(36-18-37-31(26)38-28)33-27-17-21(5-16-29(27)41-25-12-8-23(35)9-13-25)32(40)39(20(3)4)24-10-6-22(34)7-11-24/h5-20H,35H2,1-4H3. The van der Waals surface area contributed by atoms with Crippen molar-refractivity contribution in [2.75, 3.05) is 10.6 Å². The van der Waals surface area contributed by atoms with Gasteiger partial charge >= 0.3 is 261 Å². The van der Waals surface area contributed by atoms with Crippen molar-refractivity contribution in [1.29, 1.82) is 0 Å². The Balaban J connectivity index is 1.57. The third kappa shape index (κ3) is 6.83. The van der Waals surface area contributed by atoms with E-state index < -0.39 is 15.8 Å². The molecule has 3 aromatic carbocycles. The Morgan fingerprint density at radius 1 is 0.927 bits per heavy atom. The first-order valence-electron chi connectivity index (χ1n) is 13.3. The third-order valence-electron chi connectivity index (χ3n) is 6.47. The normalized spacial score (nSPS) is 11.7. The van der Waals surface area contributed by atoms with Gasteiger partial charge in [-0.1, -0.05) is 0 Å². The molecule has 2 aromatic heterocycles. The Labute approximate surface area is 260 Å². The Hall–Kier alpha value is -3.19. The van der Waals surface area contributed by atoms with Crippen molar-refractivity contribution in [3.05, 3.63) is 101 Å². The number of nitrogen functional groups attached to an aromatic ring is 1. The van der Waals surface area contributed by atoms with E-state index in [9.17, 15) is 4.79 Å². The summed E-state index contributed by atoms with van der Waals surface area (Å²) < 4.78 is 3.03. The predicted octanol–water partition coefficient (Wildman–Crippen LogP) is 6.35. The van der Waals surface area contributed by atoms with E-state index in [-0.39, 0.29) is 11.9 Å². The van der Waals surface area contributed by atoms with E-state index in [4.69, 9.17) is 15.7 Å². The molecule has 5 aromatic rings. The first-order valence-corrected chi connectivity index (χ1v) is 16.8. The van der Waals surface area contributed by atoms with E-state index in [2.05, 4.69) is 53.0 Å². The van der Waals surface area contributed by atoms with Gasteiger partial charge in [-0.05, 0) is 0 Å². The molecule has 0 saturated heterocycles. The number of carbonyl (C=O) groups is 1. The van der Waals surface area contributed by atoms with Crippen molar-refractivity contribution in [2.24, 2.45) is 0 Å². The first kappa shape index (κ1) is 29.3. The predicted molar refractivity (Wildman–Crippen MR) is 174 cm³/mol. The first-order chi connectivity index (χ1) is 19.7. The van der Waals surface area contributed by atoms with Gasteiger partial charge in [0.2, 0.25) is 0 Å². The molecule has 0 spiro atoms. The summed E-state index contributed by atoms with van der Waals surface area (Å²) in [6.45, 7) is 8.31. The maximum absolute atomic E-state index is 14.0. The molecule has 6 nitrogen and oxygen atoms in total.